The van der Waals surface area contributed by atoms with E-state index in [1.54, 1.807) is 0 Å². The summed E-state index contributed by atoms with van der Waals surface area (Å²) in [6.07, 6.45) is -7.43. The van der Waals surface area contributed by atoms with E-state index in [2.05, 4.69) is 36.1 Å². The standard InChI is InChI=1S/C25H21F7N8O2S/c26-18(12-40-13-19(36-39-40)21(41)34-10-15-7-17(11-33-8-15)25(30,31)32)4-5-20-37-38-23(43-20)22(42)35-9-14-2-1-3-16(6-14)24(27,28)29/h1-3,6-8,11,13,18H,4-5,9-10,12H2,(H,34,41)(H,35,42). The Hall–Kier alpha value is -4.48. The van der Waals surface area contributed by atoms with Gasteiger partial charge < -0.3 is 10.6 Å². The van der Waals surface area contributed by atoms with Gasteiger partial charge in [0.2, 0.25) is 5.01 Å². The minimum absolute atomic E-state index is 0.0368. The maximum Gasteiger partial charge on any atom is 0.417 e. The van der Waals surface area contributed by atoms with Crippen LogP contribution in [0.1, 0.15) is 54.0 Å². The molecule has 0 saturated heterocycles. The number of halogens is 7. The molecule has 2 N–H and O–H groups in total. The summed E-state index contributed by atoms with van der Waals surface area (Å²) in [5.74, 6) is -1.37. The largest absolute Gasteiger partial charge is 0.417 e. The summed E-state index contributed by atoms with van der Waals surface area (Å²) in [6, 6.07) is 5.37. The number of aromatic nitrogens is 6. The van der Waals surface area contributed by atoms with Gasteiger partial charge in [0.1, 0.15) is 11.2 Å². The highest BCUT2D eigenvalue weighted by atomic mass is 32.1. The van der Waals surface area contributed by atoms with Gasteiger partial charge in [-0.25, -0.2) is 9.07 Å². The smallest absolute Gasteiger partial charge is 0.346 e. The van der Waals surface area contributed by atoms with Gasteiger partial charge in [-0.2, -0.15) is 26.3 Å². The Balaban J connectivity index is 1.21. The van der Waals surface area contributed by atoms with E-state index in [9.17, 15) is 40.3 Å². The van der Waals surface area contributed by atoms with Crippen LogP contribution in [0.25, 0.3) is 0 Å². The number of hydrogen-bond donors (Lipinski definition) is 2. The molecular formula is C25H21F7N8O2S. The second kappa shape index (κ2) is 13.2. The fraction of sp³-hybridized carbons (Fsp3) is 0.320. The van der Waals surface area contributed by atoms with Crippen LogP contribution in [0.4, 0.5) is 30.7 Å². The Morgan fingerprint density at radius 1 is 0.884 bits per heavy atom. The van der Waals surface area contributed by atoms with Crippen LogP contribution in [-0.4, -0.2) is 48.2 Å². The van der Waals surface area contributed by atoms with Gasteiger partial charge in [-0.1, -0.05) is 28.7 Å². The molecule has 18 heteroatoms. The predicted molar refractivity (Wildman–Crippen MR) is 136 cm³/mol. The summed E-state index contributed by atoms with van der Waals surface area (Å²) in [5, 5.41) is 20.1. The number of rotatable bonds is 11. The molecule has 0 aliphatic rings. The molecule has 43 heavy (non-hydrogen) atoms. The topological polar surface area (TPSA) is 128 Å². The van der Waals surface area contributed by atoms with Crippen LogP contribution in [0.15, 0.2) is 48.9 Å². The second-order valence-corrected chi connectivity index (χ2v) is 10.2. The van der Waals surface area contributed by atoms with Crippen LogP contribution in [0.2, 0.25) is 0 Å². The molecule has 0 aliphatic carbocycles. The summed E-state index contributed by atoms with van der Waals surface area (Å²) in [5.41, 5.74) is -1.60. The van der Waals surface area contributed by atoms with E-state index < -0.39 is 41.5 Å². The molecule has 1 atom stereocenters. The number of hydrogen-bond acceptors (Lipinski definition) is 8. The minimum atomic E-state index is -4.58. The summed E-state index contributed by atoms with van der Waals surface area (Å²) < 4.78 is 92.7. The molecule has 4 aromatic rings. The number of carbonyl (C=O) groups excluding carboxylic acids is 2. The van der Waals surface area contributed by atoms with Crippen molar-refractivity contribution in [1.29, 1.82) is 0 Å². The Bertz CT molecular complexity index is 1570. The first-order chi connectivity index (χ1) is 20.3. The van der Waals surface area contributed by atoms with Gasteiger partial charge in [-0.15, -0.1) is 15.3 Å². The Kier molecular flexibility index (Phi) is 9.67. The molecule has 3 aromatic heterocycles. The Morgan fingerprint density at radius 3 is 2.33 bits per heavy atom. The molecule has 1 aromatic carbocycles. The van der Waals surface area contributed by atoms with E-state index in [0.29, 0.717) is 11.2 Å². The van der Waals surface area contributed by atoms with Gasteiger partial charge in [-0.05, 0) is 35.7 Å². The zero-order valence-electron chi connectivity index (χ0n) is 21.8. The molecule has 3 heterocycles. The lowest BCUT2D eigenvalue weighted by molar-refractivity contribution is -0.138. The summed E-state index contributed by atoms with van der Waals surface area (Å²) in [6.45, 7) is -0.674. The Morgan fingerprint density at radius 2 is 1.58 bits per heavy atom. The molecular weight excluding hydrogens is 609 g/mol. The highest BCUT2D eigenvalue weighted by Crippen LogP contribution is 2.30. The zero-order valence-corrected chi connectivity index (χ0v) is 22.6. The molecule has 2 amide bonds. The lowest BCUT2D eigenvalue weighted by atomic mass is 10.1. The summed E-state index contributed by atoms with van der Waals surface area (Å²) in [4.78, 5) is 28.1. The quantitative estimate of drug-likeness (QED) is 0.235. The van der Waals surface area contributed by atoms with Crippen molar-refractivity contribution in [1.82, 2.24) is 40.8 Å². The van der Waals surface area contributed by atoms with Crippen molar-refractivity contribution in [3.63, 3.8) is 0 Å². The zero-order chi connectivity index (χ0) is 31.2. The Labute approximate surface area is 242 Å². The molecule has 0 saturated carbocycles. The van der Waals surface area contributed by atoms with Gasteiger partial charge in [0.05, 0.1) is 23.9 Å². The maximum absolute atomic E-state index is 14.6. The SMILES string of the molecule is O=C(NCc1cncc(C(F)(F)F)c1)c1cn(CC(F)CCc2nnc(C(=O)NCc3cccc(C(F)(F)F)c3)s2)nn1. The molecule has 0 radical (unpaired) electrons. The lowest BCUT2D eigenvalue weighted by Gasteiger charge is -2.09. The second-order valence-electron chi connectivity index (χ2n) is 9.11. The van der Waals surface area contributed by atoms with Gasteiger partial charge in [0.15, 0.2) is 5.69 Å². The summed E-state index contributed by atoms with van der Waals surface area (Å²) >= 11 is 0.910. The van der Waals surface area contributed by atoms with E-state index in [-0.39, 0.29) is 54.3 Å². The van der Waals surface area contributed by atoms with Crippen molar-refractivity contribution in [3.05, 3.63) is 86.9 Å². The van der Waals surface area contributed by atoms with Crippen LogP contribution in [0.3, 0.4) is 0 Å². The molecule has 0 fully saturated rings. The molecule has 0 bridgehead atoms. The number of alkyl halides is 7. The van der Waals surface area contributed by atoms with Gasteiger partial charge in [0, 0.05) is 31.9 Å². The van der Waals surface area contributed by atoms with Gasteiger partial charge >= 0.3 is 12.4 Å². The highest BCUT2D eigenvalue weighted by molar-refractivity contribution is 7.13. The van der Waals surface area contributed by atoms with Crippen molar-refractivity contribution in [2.24, 2.45) is 0 Å². The summed E-state index contributed by atoms with van der Waals surface area (Å²) in [7, 11) is 0. The first kappa shape index (κ1) is 31.5. The third-order valence-electron chi connectivity index (χ3n) is 5.77. The normalized spacial score (nSPS) is 12.6. The number of nitrogens with one attached hydrogen (secondary N) is 2. The number of pyridine rings is 1. The van der Waals surface area contributed by atoms with Crippen molar-refractivity contribution >= 4 is 23.2 Å². The van der Waals surface area contributed by atoms with Gasteiger partial charge in [-0.3, -0.25) is 14.6 Å². The first-order valence-corrected chi connectivity index (χ1v) is 13.2. The number of nitrogens with zero attached hydrogens (tertiary/aromatic N) is 6. The minimum Gasteiger partial charge on any atom is -0.346 e. The predicted octanol–water partition coefficient (Wildman–Crippen LogP) is 4.39. The van der Waals surface area contributed by atoms with E-state index in [1.807, 2.05) is 0 Å². The average Bonchev–Trinajstić information content (AvgIpc) is 3.63. The third-order valence-corrected chi connectivity index (χ3v) is 6.75. The van der Waals surface area contributed by atoms with Crippen molar-refractivity contribution in [2.45, 2.75) is 51.0 Å². The van der Waals surface area contributed by atoms with Crippen LogP contribution in [0, 0.1) is 0 Å². The van der Waals surface area contributed by atoms with Crippen molar-refractivity contribution < 1.29 is 40.3 Å². The third kappa shape index (κ3) is 9.00. The highest BCUT2D eigenvalue weighted by Gasteiger charge is 2.31. The van der Waals surface area contributed by atoms with E-state index in [4.69, 9.17) is 0 Å². The van der Waals surface area contributed by atoms with E-state index in [0.717, 1.165) is 34.2 Å². The molecule has 0 spiro atoms. The maximum atomic E-state index is 14.6. The van der Waals surface area contributed by atoms with E-state index in [1.165, 1.54) is 24.5 Å². The number of carbonyl (C=O) groups is 2. The number of aryl methyl sites for hydroxylation is 1. The monoisotopic (exact) mass is 630 g/mol. The van der Waals surface area contributed by atoms with Crippen LogP contribution < -0.4 is 10.6 Å². The molecule has 1 unspecified atom stereocenters. The van der Waals surface area contributed by atoms with Crippen LogP contribution in [0.5, 0.6) is 0 Å². The first-order valence-electron chi connectivity index (χ1n) is 12.4. The van der Waals surface area contributed by atoms with Gasteiger partial charge in [0.25, 0.3) is 11.8 Å². The molecule has 228 valence electrons. The van der Waals surface area contributed by atoms with E-state index >= 15 is 0 Å². The molecule has 10 nitrogen and oxygen atoms in total. The van der Waals surface area contributed by atoms with Crippen LogP contribution in [-0.2, 0) is 38.4 Å². The van der Waals surface area contributed by atoms with Crippen molar-refractivity contribution in [2.75, 3.05) is 0 Å². The molecule has 4 rings (SSSR count). The number of amides is 2. The average molecular weight is 631 g/mol. The van der Waals surface area contributed by atoms with Crippen LogP contribution >= 0.6 is 11.3 Å². The number of benzene rings is 1. The fourth-order valence-electron chi connectivity index (χ4n) is 3.64. The fourth-order valence-corrected chi connectivity index (χ4v) is 4.41. The lowest BCUT2D eigenvalue weighted by Crippen LogP contribution is -2.23. The van der Waals surface area contributed by atoms with Crippen molar-refractivity contribution in [3.8, 4) is 0 Å². The molecule has 0 aliphatic heterocycles.